The first-order valence-electron chi connectivity index (χ1n) is 9.18. The summed E-state index contributed by atoms with van der Waals surface area (Å²) in [6.07, 6.45) is 0.0325. The fourth-order valence-electron chi connectivity index (χ4n) is 3.26. The molecule has 0 aliphatic heterocycles. The molecular formula is C24H21NO2. The number of anilines is 1. The van der Waals surface area contributed by atoms with Gasteiger partial charge in [0.05, 0.1) is 0 Å². The van der Waals surface area contributed by atoms with E-state index in [1.54, 1.807) is 0 Å². The lowest BCUT2D eigenvalue weighted by molar-refractivity contribution is -0.122. The predicted molar refractivity (Wildman–Crippen MR) is 111 cm³/mol. The molecule has 1 atom stereocenters. The van der Waals surface area contributed by atoms with Gasteiger partial charge in [0.25, 0.3) is 5.91 Å². The number of benzene rings is 4. The molecule has 0 radical (unpaired) electrons. The van der Waals surface area contributed by atoms with Crippen molar-refractivity contribution < 1.29 is 9.53 Å². The maximum atomic E-state index is 12.8. The Bertz CT molecular complexity index is 1100. The van der Waals surface area contributed by atoms with Gasteiger partial charge in [-0.3, -0.25) is 4.79 Å². The molecule has 0 saturated heterocycles. The zero-order valence-corrected chi connectivity index (χ0v) is 15.2. The molecule has 4 rings (SSSR count). The van der Waals surface area contributed by atoms with E-state index < -0.39 is 6.10 Å². The van der Waals surface area contributed by atoms with Gasteiger partial charge in [-0.25, -0.2) is 0 Å². The molecule has 0 fully saturated rings. The first kappa shape index (κ1) is 17.1. The minimum atomic E-state index is -0.553. The number of nitrogens with one attached hydrogen (secondary N) is 1. The average Bonchev–Trinajstić information content (AvgIpc) is 2.72. The highest BCUT2D eigenvalue weighted by Crippen LogP contribution is 2.27. The topological polar surface area (TPSA) is 38.3 Å². The smallest absolute Gasteiger partial charge is 0.265 e. The van der Waals surface area contributed by atoms with Gasteiger partial charge in [-0.05, 0) is 40.8 Å². The monoisotopic (exact) mass is 355 g/mol. The standard InChI is InChI=1S/C24H21NO2/c1-2-22(27-23-13-7-11-18-9-5-6-12-21(18)23)24(26)25-20-15-14-17-8-3-4-10-19(17)16-20/h3-16,22H,2H2,1H3,(H,25,26)/t22-/m1/s1. The first-order chi connectivity index (χ1) is 13.2. The molecule has 0 saturated carbocycles. The van der Waals surface area contributed by atoms with Gasteiger partial charge in [0, 0.05) is 11.1 Å². The van der Waals surface area contributed by atoms with E-state index >= 15 is 0 Å². The zero-order valence-electron chi connectivity index (χ0n) is 15.2. The molecule has 0 aliphatic rings. The molecule has 0 aromatic heterocycles. The number of fused-ring (bicyclic) bond motifs is 2. The third-order valence-electron chi connectivity index (χ3n) is 4.70. The summed E-state index contributed by atoms with van der Waals surface area (Å²) in [6, 6.07) is 27.9. The van der Waals surface area contributed by atoms with Gasteiger partial charge in [0.2, 0.25) is 0 Å². The van der Waals surface area contributed by atoms with Gasteiger partial charge < -0.3 is 10.1 Å². The fraction of sp³-hybridized carbons (Fsp3) is 0.125. The highest BCUT2D eigenvalue weighted by atomic mass is 16.5. The molecule has 27 heavy (non-hydrogen) atoms. The third kappa shape index (κ3) is 3.63. The number of hydrogen-bond acceptors (Lipinski definition) is 2. The van der Waals surface area contributed by atoms with Crippen LogP contribution in [0.2, 0.25) is 0 Å². The first-order valence-corrected chi connectivity index (χ1v) is 9.18. The van der Waals surface area contributed by atoms with Crippen molar-refractivity contribution in [1.29, 1.82) is 0 Å². The summed E-state index contributed by atoms with van der Waals surface area (Å²) in [5.41, 5.74) is 0.777. The third-order valence-corrected chi connectivity index (χ3v) is 4.70. The molecule has 4 aromatic rings. The van der Waals surface area contributed by atoms with E-state index in [9.17, 15) is 4.79 Å². The molecule has 0 bridgehead atoms. The Hall–Kier alpha value is -3.33. The number of ether oxygens (including phenoxy) is 1. The molecule has 1 N–H and O–H groups in total. The van der Waals surface area contributed by atoms with Gasteiger partial charge in [0.1, 0.15) is 5.75 Å². The lowest BCUT2D eigenvalue weighted by Crippen LogP contribution is -2.32. The Balaban J connectivity index is 1.55. The highest BCUT2D eigenvalue weighted by Gasteiger charge is 2.19. The fourth-order valence-corrected chi connectivity index (χ4v) is 3.26. The van der Waals surface area contributed by atoms with Crippen LogP contribution in [0.5, 0.6) is 5.75 Å². The zero-order chi connectivity index (χ0) is 18.6. The second kappa shape index (κ2) is 7.50. The summed E-state index contributed by atoms with van der Waals surface area (Å²) in [5, 5.41) is 7.34. The van der Waals surface area contributed by atoms with Crippen molar-refractivity contribution in [2.45, 2.75) is 19.4 Å². The van der Waals surface area contributed by atoms with Crippen LogP contribution in [0, 0.1) is 0 Å². The van der Waals surface area contributed by atoms with Crippen LogP contribution in [0.25, 0.3) is 21.5 Å². The Labute approximate surface area is 158 Å². The van der Waals surface area contributed by atoms with Gasteiger partial charge in [-0.2, -0.15) is 0 Å². The SMILES string of the molecule is CC[C@@H](Oc1cccc2ccccc12)C(=O)Nc1ccc2ccccc2c1. The number of amides is 1. The van der Waals surface area contributed by atoms with Crippen molar-refractivity contribution >= 4 is 33.1 Å². The summed E-state index contributed by atoms with van der Waals surface area (Å²) in [6.45, 7) is 1.95. The van der Waals surface area contributed by atoms with Crippen LogP contribution >= 0.6 is 0 Å². The summed E-state index contributed by atoms with van der Waals surface area (Å²) in [7, 11) is 0. The molecule has 4 aromatic carbocycles. The van der Waals surface area contributed by atoms with E-state index in [-0.39, 0.29) is 5.91 Å². The van der Waals surface area contributed by atoms with Crippen LogP contribution in [-0.2, 0) is 4.79 Å². The van der Waals surface area contributed by atoms with E-state index in [0.29, 0.717) is 6.42 Å². The van der Waals surface area contributed by atoms with Crippen molar-refractivity contribution in [1.82, 2.24) is 0 Å². The number of rotatable bonds is 5. The Morgan fingerprint density at radius 1 is 0.852 bits per heavy atom. The molecule has 0 unspecified atom stereocenters. The van der Waals surface area contributed by atoms with Crippen LogP contribution in [-0.4, -0.2) is 12.0 Å². The van der Waals surface area contributed by atoms with E-state index in [1.165, 1.54) is 0 Å². The number of carbonyl (C=O) groups is 1. The van der Waals surface area contributed by atoms with E-state index in [4.69, 9.17) is 4.74 Å². The second-order valence-electron chi connectivity index (χ2n) is 6.54. The van der Waals surface area contributed by atoms with Crippen molar-refractivity contribution in [3.63, 3.8) is 0 Å². The summed E-state index contributed by atoms with van der Waals surface area (Å²) >= 11 is 0. The van der Waals surface area contributed by atoms with Crippen molar-refractivity contribution in [3.8, 4) is 5.75 Å². The maximum Gasteiger partial charge on any atom is 0.265 e. The van der Waals surface area contributed by atoms with E-state index in [1.807, 2.05) is 85.8 Å². The average molecular weight is 355 g/mol. The Morgan fingerprint density at radius 2 is 1.56 bits per heavy atom. The lowest BCUT2D eigenvalue weighted by Gasteiger charge is -2.18. The molecule has 3 heteroatoms. The van der Waals surface area contributed by atoms with Gasteiger partial charge in [-0.15, -0.1) is 0 Å². The molecule has 134 valence electrons. The number of hydrogen-bond donors (Lipinski definition) is 1. The molecule has 3 nitrogen and oxygen atoms in total. The summed E-state index contributed by atoms with van der Waals surface area (Å²) in [4.78, 5) is 12.8. The lowest BCUT2D eigenvalue weighted by atomic mass is 10.1. The summed E-state index contributed by atoms with van der Waals surface area (Å²) < 4.78 is 6.09. The highest BCUT2D eigenvalue weighted by molar-refractivity contribution is 5.97. The number of carbonyl (C=O) groups excluding carboxylic acids is 1. The van der Waals surface area contributed by atoms with Crippen LogP contribution in [0.4, 0.5) is 5.69 Å². The Morgan fingerprint density at radius 3 is 2.37 bits per heavy atom. The van der Waals surface area contributed by atoms with Crippen molar-refractivity contribution in [2.75, 3.05) is 5.32 Å². The van der Waals surface area contributed by atoms with Crippen molar-refractivity contribution in [2.24, 2.45) is 0 Å². The van der Waals surface area contributed by atoms with Crippen LogP contribution in [0.3, 0.4) is 0 Å². The molecule has 1 amide bonds. The predicted octanol–water partition coefficient (Wildman–Crippen LogP) is 5.79. The largest absolute Gasteiger partial charge is 0.480 e. The molecule has 0 spiro atoms. The quantitative estimate of drug-likeness (QED) is 0.492. The second-order valence-corrected chi connectivity index (χ2v) is 6.54. The minimum absolute atomic E-state index is 0.138. The van der Waals surface area contributed by atoms with Gasteiger partial charge >= 0.3 is 0 Å². The Kier molecular flexibility index (Phi) is 4.75. The normalized spacial score (nSPS) is 12.0. The van der Waals surface area contributed by atoms with Gasteiger partial charge in [0.15, 0.2) is 6.10 Å². The van der Waals surface area contributed by atoms with Crippen molar-refractivity contribution in [3.05, 3.63) is 84.9 Å². The molecule has 0 heterocycles. The van der Waals surface area contributed by atoms with Gasteiger partial charge in [-0.1, -0.05) is 73.7 Å². The van der Waals surface area contributed by atoms with Crippen LogP contribution in [0.15, 0.2) is 84.9 Å². The minimum Gasteiger partial charge on any atom is -0.480 e. The van der Waals surface area contributed by atoms with Crippen LogP contribution in [0.1, 0.15) is 13.3 Å². The van der Waals surface area contributed by atoms with E-state index in [0.717, 1.165) is 33.0 Å². The summed E-state index contributed by atoms with van der Waals surface area (Å²) in [5.74, 6) is 0.592. The van der Waals surface area contributed by atoms with Crippen LogP contribution < -0.4 is 10.1 Å². The molecule has 0 aliphatic carbocycles. The molecular weight excluding hydrogens is 334 g/mol. The maximum absolute atomic E-state index is 12.8. The van der Waals surface area contributed by atoms with E-state index in [2.05, 4.69) is 11.4 Å².